The Morgan fingerprint density at radius 3 is 2.46 bits per heavy atom. The molecule has 3 N–H and O–H groups in total. The van der Waals surface area contributed by atoms with Gasteiger partial charge in [0.15, 0.2) is 0 Å². The molecule has 1 fully saturated rings. The van der Waals surface area contributed by atoms with E-state index < -0.39 is 17.8 Å². The molecule has 0 aromatic heterocycles. The van der Waals surface area contributed by atoms with Crippen LogP contribution in [0.15, 0.2) is 48.1 Å². The van der Waals surface area contributed by atoms with Gasteiger partial charge < -0.3 is 15.3 Å². The van der Waals surface area contributed by atoms with E-state index in [1.807, 2.05) is 26.0 Å². The molecule has 1 aliphatic carbocycles. The predicted octanol–water partition coefficient (Wildman–Crippen LogP) is 5.04. The highest BCUT2D eigenvalue weighted by molar-refractivity contribution is 5.31. The molecule has 156 valence electrons. The van der Waals surface area contributed by atoms with Crippen molar-refractivity contribution in [2.75, 3.05) is 0 Å². The summed E-state index contributed by atoms with van der Waals surface area (Å²) in [4.78, 5) is 0. The second-order valence-corrected chi connectivity index (χ2v) is 9.00. The standard InChI is InChI=1S/C25H38O3/c1-19(14-15-21-12-8-9-13-24(21)25(2,3)28)10-6-4-5-7-11-20-16-22(26)18-23(27)17-20/h5,7-9,11-13,19,22-23,26-28H,4,6,10,14-18H2,1-3H3/t19-,22-,23+/m1/s1. The summed E-state index contributed by atoms with van der Waals surface area (Å²) in [7, 11) is 0. The van der Waals surface area contributed by atoms with Crippen LogP contribution >= 0.6 is 0 Å². The van der Waals surface area contributed by atoms with Crippen molar-refractivity contribution in [1.29, 1.82) is 0 Å². The number of hydrogen-bond acceptors (Lipinski definition) is 3. The summed E-state index contributed by atoms with van der Waals surface area (Å²) >= 11 is 0. The molecule has 2 rings (SSSR count). The van der Waals surface area contributed by atoms with Crippen LogP contribution in [-0.4, -0.2) is 27.5 Å². The second-order valence-electron chi connectivity index (χ2n) is 9.00. The van der Waals surface area contributed by atoms with Gasteiger partial charge in [-0.2, -0.15) is 0 Å². The van der Waals surface area contributed by atoms with Crippen LogP contribution in [-0.2, 0) is 12.0 Å². The van der Waals surface area contributed by atoms with Gasteiger partial charge in [-0.1, -0.05) is 61.4 Å². The van der Waals surface area contributed by atoms with Crippen LogP contribution in [0.5, 0.6) is 0 Å². The van der Waals surface area contributed by atoms with E-state index in [9.17, 15) is 15.3 Å². The first-order chi connectivity index (χ1) is 13.3. The zero-order valence-corrected chi connectivity index (χ0v) is 17.8. The molecule has 0 bridgehead atoms. The molecule has 0 saturated heterocycles. The average Bonchev–Trinajstić information content (AvgIpc) is 2.61. The SMILES string of the molecule is C[C@H](CCCC=CC=C1C[C@@H](O)C[C@@H](O)C1)CCc1ccccc1C(C)(C)O. The summed E-state index contributed by atoms with van der Waals surface area (Å²) in [5.41, 5.74) is 2.64. The molecule has 28 heavy (non-hydrogen) atoms. The number of rotatable bonds is 9. The summed E-state index contributed by atoms with van der Waals surface area (Å²) in [6.45, 7) is 6.01. The van der Waals surface area contributed by atoms with E-state index in [1.165, 1.54) is 18.4 Å². The minimum absolute atomic E-state index is 0.397. The predicted molar refractivity (Wildman–Crippen MR) is 116 cm³/mol. The summed E-state index contributed by atoms with van der Waals surface area (Å²) in [6, 6.07) is 8.22. The summed E-state index contributed by atoms with van der Waals surface area (Å²) in [5, 5.41) is 29.8. The second kappa shape index (κ2) is 10.9. The Hall–Kier alpha value is -1.42. The van der Waals surface area contributed by atoms with Gasteiger partial charge in [0.05, 0.1) is 17.8 Å². The largest absolute Gasteiger partial charge is 0.393 e. The third kappa shape index (κ3) is 7.90. The number of aliphatic hydroxyl groups is 3. The van der Waals surface area contributed by atoms with E-state index in [0.29, 0.717) is 25.2 Å². The number of benzene rings is 1. The van der Waals surface area contributed by atoms with Crippen LogP contribution < -0.4 is 0 Å². The minimum Gasteiger partial charge on any atom is -0.393 e. The van der Waals surface area contributed by atoms with Crippen LogP contribution in [0.25, 0.3) is 0 Å². The molecular formula is C25H38O3. The van der Waals surface area contributed by atoms with Crippen molar-refractivity contribution < 1.29 is 15.3 Å². The van der Waals surface area contributed by atoms with Crippen molar-refractivity contribution in [2.45, 2.75) is 89.9 Å². The summed E-state index contributed by atoms with van der Waals surface area (Å²) in [5.74, 6) is 0.658. The van der Waals surface area contributed by atoms with Crippen LogP contribution in [0.4, 0.5) is 0 Å². The fourth-order valence-electron chi connectivity index (χ4n) is 4.07. The van der Waals surface area contributed by atoms with Crippen molar-refractivity contribution in [3.05, 3.63) is 59.2 Å². The monoisotopic (exact) mass is 386 g/mol. The van der Waals surface area contributed by atoms with Gasteiger partial charge in [0, 0.05) is 0 Å². The molecule has 0 radical (unpaired) electrons. The lowest BCUT2D eigenvalue weighted by Crippen LogP contribution is -2.24. The first kappa shape index (κ1) is 22.9. The van der Waals surface area contributed by atoms with Crippen LogP contribution in [0.2, 0.25) is 0 Å². The Kier molecular flexibility index (Phi) is 8.94. The molecular weight excluding hydrogens is 348 g/mol. The number of hydrogen-bond donors (Lipinski definition) is 3. The van der Waals surface area contributed by atoms with Gasteiger partial charge in [-0.3, -0.25) is 0 Å². The molecule has 0 heterocycles. The van der Waals surface area contributed by atoms with E-state index in [1.54, 1.807) is 0 Å². The van der Waals surface area contributed by atoms with Crippen molar-refractivity contribution in [3.8, 4) is 0 Å². The highest BCUT2D eigenvalue weighted by Gasteiger charge is 2.21. The maximum absolute atomic E-state index is 10.3. The third-order valence-electron chi connectivity index (χ3n) is 5.66. The quantitative estimate of drug-likeness (QED) is 0.521. The first-order valence-corrected chi connectivity index (χ1v) is 10.8. The van der Waals surface area contributed by atoms with Gasteiger partial charge in [0.25, 0.3) is 0 Å². The van der Waals surface area contributed by atoms with Gasteiger partial charge in [0.1, 0.15) is 0 Å². The molecule has 1 aliphatic rings. The lowest BCUT2D eigenvalue weighted by Gasteiger charge is -2.24. The lowest BCUT2D eigenvalue weighted by atomic mass is 9.88. The van der Waals surface area contributed by atoms with Gasteiger partial charge in [-0.15, -0.1) is 0 Å². The number of aryl methyl sites for hydroxylation is 1. The number of allylic oxidation sites excluding steroid dienone is 3. The van der Waals surface area contributed by atoms with E-state index >= 15 is 0 Å². The molecule has 3 atom stereocenters. The summed E-state index contributed by atoms with van der Waals surface area (Å²) in [6.07, 6.45) is 13.0. The Morgan fingerprint density at radius 1 is 1.11 bits per heavy atom. The van der Waals surface area contributed by atoms with Gasteiger partial charge >= 0.3 is 0 Å². The van der Waals surface area contributed by atoms with Crippen molar-refractivity contribution in [1.82, 2.24) is 0 Å². The topological polar surface area (TPSA) is 60.7 Å². The van der Waals surface area contributed by atoms with Crippen LogP contribution in [0.1, 0.15) is 76.8 Å². The fourth-order valence-corrected chi connectivity index (χ4v) is 4.07. The van der Waals surface area contributed by atoms with E-state index in [-0.39, 0.29) is 0 Å². The van der Waals surface area contributed by atoms with Gasteiger partial charge in [0.2, 0.25) is 0 Å². The van der Waals surface area contributed by atoms with Crippen molar-refractivity contribution >= 4 is 0 Å². The first-order valence-electron chi connectivity index (χ1n) is 10.8. The maximum atomic E-state index is 10.3. The number of aliphatic hydroxyl groups excluding tert-OH is 2. The van der Waals surface area contributed by atoms with Gasteiger partial charge in [-0.25, -0.2) is 0 Å². The highest BCUT2D eigenvalue weighted by Crippen LogP contribution is 2.26. The van der Waals surface area contributed by atoms with Crippen LogP contribution in [0.3, 0.4) is 0 Å². The molecule has 1 aromatic rings. The van der Waals surface area contributed by atoms with Crippen molar-refractivity contribution in [3.63, 3.8) is 0 Å². The molecule has 0 aliphatic heterocycles. The van der Waals surface area contributed by atoms with Gasteiger partial charge in [-0.05, 0) is 75.8 Å². The Morgan fingerprint density at radius 2 is 1.79 bits per heavy atom. The molecule has 3 nitrogen and oxygen atoms in total. The molecule has 3 heteroatoms. The number of unbranched alkanes of at least 4 members (excludes halogenated alkanes) is 1. The Balaban J connectivity index is 1.69. The molecule has 1 aromatic carbocycles. The lowest BCUT2D eigenvalue weighted by molar-refractivity contribution is 0.0609. The zero-order chi connectivity index (χ0) is 20.6. The highest BCUT2D eigenvalue weighted by atomic mass is 16.3. The Bertz CT molecular complexity index is 642. The Labute approximate surface area is 170 Å². The third-order valence-corrected chi connectivity index (χ3v) is 5.66. The van der Waals surface area contributed by atoms with Crippen molar-refractivity contribution in [2.24, 2.45) is 5.92 Å². The molecule has 0 spiro atoms. The maximum Gasteiger partial charge on any atom is 0.0843 e. The molecule has 0 amide bonds. The summed E-state index contributed by atoms with van der Waals surface area (Å²) < 4.78 is 0. The van der Waals surface area contributed by atoms with E-state index in [2.05, 4.69) is 37.3 Å². The van der Waals surface area contributed by atoms with E-state index in [4.69, 9.17) is 0 Å². The molecule has 0 unspecified atom stereocenters. The fraction of sp³-hybridized carbons (Fsp3) is 0.600. The molecule has 1 saturated carbocycles. The average molecular weight is 387 g/mol. The van der Waals surface area contributed by atoms with Crippen LogP contribution in [0, 0.1) is 5.92 Å². The smallest absolute Gasteiger partial charge is 0.0843 e. The minimum atomic E-state index is -0.788. The normalized spacial score (nSPS) is 23.4. The zero-order valence-electron chi connectivity index (χ0n) is 17.8. The van der Waals surface area contributed by atoms with E-state index in [0.717, 1.165) is 30.4 Å².